The lowest BCUT2D eigenvalue weighted by Crippen LogP contribution is -2.35. The van der Waals surface area contributed by atoms with Crippen LogP contribution in [0.5, 0.6) is 0 Å². The van der Waals surface area contributed by atoms with E-state index in [-0.39, 0.29) is 5.92 Å². The number of allylic oxidation sites excluding steroid dienone is 1. The van der Waals surface area contributed by atoms with Crippen molar-refractivity contribution in [2.45, 2.75) is 17.9 Å². The molecule has 0 radical (unpaired) electrons. The Morgan fingerprint density at radius 1 is 0.769 bits per heavy atom. The molecule has 2 nitrogen and oxygen atoms in total. The Labute approximate surface area is 153 Å². The number of hydrogen-bond donors (Lipinski definition) is 0. The molecular formula is C24H20O2. The van der Waals surface area contributed by atoms with Crippen LogP contribution in [-0.2, 0) is 15.1 Å². The molecular weight excluding hydrogens is 320 g/mol. The molecule has 3 aromatic carbocycles. The van der Waals surface area contributed by atoms with Crippen molar-refractivity contribution in [2.75, 3.05) is 0 Å². The largest absolute Gasteiger partial charge is 0.485 e. The van der Waals surface area contributed by atoms with Crippen LogP contribution in [0.25, 0.3) is 0 Å². The first-order valence-electron chi connectivity index (χ1n) is 8.82. The van der Waals surface area contributed by atoms with Crippen molar-refractivity contribution < 1.29 is 9.53 Å². The van der Waals surface area contributed by atoms with Crippen molar-refractivity contribution in [3.63, 3.8) is 0 Å². The summed E-state index contributed by atoms with van der Waals surface area (Å²) in [5, 5.41) is 0. The number of carbonyl (C=O) groups excluding carboxylic acids is 1. The summed E-state index contributed by atoms with van der Waals surface area (Å²) in [5.74, 6) is -0.0112. The van der Waals surface area contributed by atoms with E-state index in [4.69, 9.17) is 4.74 Å². The van der Waals surface area contributed by atoms with Gasteiger partial charge in [0, 0.05) is 17.9 Å². The van der Waals surface area contributed by atoms with Gasteiger partial charge in [-0.2, -0.15) is 0 Å². The van der Waals surface area contributed by atoms with Gasteiger partial charge in [0.1, 0.15) is 6.29 Å². The molecule has 0 aliphatic carbocycles. The van der Waals surface area contributed by atoms with Gasteiger partial charge in [-0.1, -0.05) is 91.0 Å². The summed E-state index contributed by atoms with van der Waals surface area (Å²) in [6.07, 6.45) is 3.24. The van der Waals surface area contributed by atoms with Gasteiger partial charge in [0.05, 0.1) is 6.26 Å². The van der Waals surface area contributed by atoms with E-state index in [0.29, 0.717) is 12.0 Å². The van der Waals surface area contributed by atoms with Crippen LogP contribution in [0.1, 0.15) is 29.0 Å². The van der Waals surface area contributed by atoms with Gasteiger partial charge in [0.25, 0.3) is 0 Å². The standard InChI is InChI=1S/C24H20O2/c25-17-20-18-26-24(21-12-6-2-7-13-21,22-14-8-3-9-15-22)16-23(20)19-10-4-1-5-11-19/h1-15,17-18,23H,16H2/t23-/m1/s1. The van der Waals surface area contributed by atoms with Crippen LogP contribution in [0.4, 0.5) is 0 Å². The maximum absolute atomic E-state index is 11.7. The Morgan fingerprint density at radius 2 is 1.27 bits per heavy atom. The van der Waals surface area contributed by atoms with Gasteiger partial charge in [-0.25, -0.2) is 0 Å². The van der Waals surface area contributed by atoms with Gasteiger partial charge in [0.15, 0.2) is 5.60 Å². The quantitative estimate of drug-likeness (QED) is 0.609. The predicted molar refractivity (Wildman–Crippen MR) is 103 cm³/mol. The number of ether oxygens (including phenoxy) is 1. The first-order valence-corrected chi connectivity index (χ1v) is 8.82. The molecule has 0 fully saturated rings. The zero-order valence-electron chi connectivity index (χ0n) is 14.4. The van der Waals surface area contributed by atoms with Gasteiger partial charge in [-0.05, 0) is 16.7 Å². The maximum atomic E-state index is 11.7. The Morgan fingerprint density at radius 3 is 1.77 bits per heavy atom. The lowest BCUT2D eigenvalue weighted by Gasteiger charge is -2.40. The summed E-state index contributed by atoms with van der Waals surface area (Å²) >= 11 is 0. The first kappa shape index (κ1) is 16.3. The molecule has 4 rings (SSSR count). The predicted octanol–water partition coefficient (Wildman–Crippen LogP) is 5.22. The van der Waals surface area contributed by atoms with Crippen LogP contribution >= 0.6 is 0 Å². The minimum absolute atomic E-state index is 0.0112. The molecule has 26 heavy (non-hydrogen) atoms. The van der Waals surface area contributed by atoms with E-state index in [1.54, 1.807) is 6.26 Å². The normalized spacial score (nSPS) is 18.5. The SMILES string of the molecule is O=CC1=COC(c2ccccc2)(c2ccccc2)C[C@@H]1c1ccccc1. The van der Waals surface area contributed by atoms with Crippen LogP contribution in [0.15, 0.2) is 103 Å². The number of hydrogen-bond acceptors (Lipinski definition) is 2. The first-order chi connectivity index (χ1) is 12.8. The van der Waals surface area contributed by atoms with E-state index in [1.807, 2.05) is 54.6 Å². The van der Waals surface area contributed by atoms with Crippen molar-refractivity contribution in [1.82, 2.24) is 0 Å². The molecule has 3 aromatic rings. The van der Waals surface area contributed by atoms with Crippen LogP contribution in [0, 0.1) is 0 Å². The number of rotatable bonds is 4. The molecule has 0 saturated carbocycles. The number of aldehydes is 1. The summed E-state index contributed by atoms with van der Waals surface area (Å²) in [4.78, 5) is 11.7. The molecule has 2 heteroatoms. The molecule has 0 N–H and O–H groups in total. The van der Waals surface area contributed by atoms with Gasteiger partial charge in [-0.15, -0.1) is 0 Å². The van der Waals surface area contributed by atoms with Crippen molar-refractivity contribution in [3.8, 4) is 0 Å². The maximum Gasteiger partial charge on any atom is 0.159 e. The second kappa shape index (κ2) is 7.01. The monoisotopic (exact) mass is 340 g/mol. The van der Waals surface area contributed by atoms with E-state index < -0.39 is 5.60 Å². The molecule has 0 bridgehead atoms. The Balaban J connectivity index is 1.88. The van der Waals surface area contributed by atoms with Crippen LogP contribution in [-0.4, -0.2) is 6.29 Å². The molecule has 1 atom stereocenters. The minimum atomic E-state index is -0.616. The molecule has 0 aromatic heterocycles. The third-order valence-corrected chi connectivity index (χ3v) is 5.11. The van der Waals surface area contributed by atoms with Crippen LogP contribution in [0.2, 0.25) is 0 Å². The fourth-order valence-corrected chi connectivity index (χ4v) is 3.76. The smallest absolute Gasteiger partial charge is 0.159 e. The van der Waals surface area contributed by atoms with E-state index in [9.17, 15) is 4.79 Å². The topological polar surface area (TPSA) is 26.3 Å². The Bertz CT molecular complexity index is 859. The molecule has 0 spiro atoms. The molecule has 0 amide bonds. The van der Waals surface area contributed by atoms with Gasteiger partial charge >= 0.3 is 0 Å². The molecule has 1 aliphatic rings. The highest BCUT2D eigenvalue weighted by Gasteiger charge is 2.42. The number of benzene rings is 3. The fourth-order valence-electron chi connectivity index (χ4n) is 3.76. The fraction of sp³-hybridized carbons (Fsp3) is 0.125. The van der Waals surface area contributed by atoms with Crippen LogP contribution < -0.4 is 0 Å². The highest BCUT2D eigenvalue weighted by molar-refractivity contribution is 5.76. The van der Waals surface area contributed by atoms with Crippen molar-refractivity contribution >= 4 is 6.29 Å². The number of carbonyl (C=O) groups is 1. The average molecular weight is 340 g/mol. The third kappa shape index (κ3) is 2.84. The van der Waals surface area contributed by atoms with Crippen molar-refractivity contribution in [2.24, 2.45) is 0 Å². The zero-order valence-corrected chi connectivity index (χ0v) is 14.4. The summed E-state index contributed by atoms with van der Waals surface area (Å²) < 4.78 is 6.30. The second-order valence-corrected chi connectivity index (χ2v) is 6.58. The van der Waals surface area contributed by atoms with Gasteiger partial charge in [0.2, 0.25) is 0 Å². The molecule has 0 saturated heterocycles. The molecule has 0 unspecified atom stereocenters. The summed E-state index contributed by atoms with van der Waals surface area (Å²) in [6.45, 7) is 0. The minimum Gasteiger partial charge on any atom is -0.485 e. The average Bonchev–Trinajstić information content (AvgIpc) is 2.75. The molecule has 128 valence electrons. The highest BCUT2D eigenvalue weighted by Crippen LogP contribution is 2.47. The summed E-state index contributed by atoms with van der Waals surface area (Å²) in [5.41, 5.74) is 3.38. The van der Waals surface area contributed by atoms with Gasteiger partial charge in [-0.3, -0.25) is 4.79 Å². The van der Waals surface area contributed by atoms with E-state index in [2.05, 4.69) is 36.4 Å². The lowest BCUT2D eigenvalue weighted by molar-refractivity contribution is -0.106. The van der Waals surface area contributed by atoms with E-state index >= 15 is 0 Å². The van der Waals surface area contributed by atoms with E-state index in [0.717, 1.165) is 23.0 Å². The molecule has 1 heterocycles. The zero-order chi connectivity index (χ0) is 17.8. The second-order valence-electron chi connectivity index (χ2n) is 6.58. The van der Waals surface area contributed by atoms with Crippen molar-refractivity contribution in [1.29, 1.82) is 0 Å². The van der Waals surface area contributed by atoms with Crippen LogP contribution in [0.3, 0.4) is 0 Å². The summed E-state index contributed by atoms with van der Waals surface area (Å²) in [6, 6.07) is 30.7. The van der Waals surface area contributed by atoms with Crippen molar-refractivity contribution in [3.05, 3.63) is 120 Å². The summed E-state index contributed by atoms with van der Waals surface area (Å²) in [7, 11) is 0. The van der Waals surface area contributed by atoms with Gasteiger partial charge < -0.3 is 4.74 Å². The third-order valence-electron chi connectivity index (χ3n) is 5.11. The Kier molecular flexibility index (Phi) is 4.40. The van der Waals surface area contributed by atoms with E-state index in [1.165, 1.54) is 0 Å². The Hall–Kier alpha value is -3.13. The highest BCUT2D eigenvalue weighted by atomic mass is 16.5. The lowest BCUT2D eigenvalue weighted by atomic mass is 9.73. The molecule has 1 aliphatic heterocycles.